The molecule has 8 nitrogen and oxygen atoms in total. The number of benzene rings is 2. The van der Waals surface area contributed by atoms with Gasteiger partial charge in [0.25, 0.3) is 0 Å². The standard InChI is InChI=1S/C21H25FN4O4S.C7H7F/c22-18-8-6-16(7-9-18)15-31(29,30)26-11-2-1-5-19(26)21(28)25-14-20(27)24-13-17-4-3-10-23-12-17;1-6-2-4-7(8)5-3-6/h3-4,6-10,12,19H,1-2,5,11,13-15H2,(H,24,27)(H,25,28);2-5H,1H3. The molecule has 2 aromatic carbocycles. The Morgan fingerprint density at radius 2 is 1.62 bits per heavy atom. The molecule has 1 aromatic heterocycles. The molecule has 1 aliphatic heterocycles. The fourth-order valence-corrected chi connectivity index (χ4v) is 5.73. The maximum atomic E-state index is 13.1. The maximum Gasteiger partial charge on any atom is 0.239 e. The molecule has 208 valence electrons. The van der Waals surface area contributed by atoms with Gasteiger partial charge in [0.05, 0.1) is 12.3 Å². The lowest BCUT2D eigenvalue weighted by molar-refractivity contribution is -0.129. The van der Waals surface area contributed by atoms with Crippen LogP contribution in [0.2, 0.25) is 0 Å². The van der Waals surface area contributed by atoms with E-state index >= 15 is 0 Å². The van der Waals surface area contributed by atoms with E-state index in [-0.39, 0.29) is 37.1 Å². The maximum absolute atomic E-state index is 13.1. The highest BCUT2D eigenvalue weighted by atomic mass is 32.2. The Bertz CT molecular complexity index is 1300. The van der Waals surface area contributed by atoms with Crippen molar-refractivity contribution in [3.63, 3.8) is 0 Å². The number of carbonyl (C=O) groups is 2. The van der Waals surface area contributed by atoms with Crippen LogP contribution in [0.15, 0.2) is 73.1 Å². The first-order valence-corrected chi connectivity index (χ1v) is 14.1. The van der Waals surface area contributed by atoms with Crippen molar-refractivity contribution < 1.29 is 26.8 Å². The van der Waals surface area contributed by atoms with Crippen molar-refractivity contribution in [1.82, 2.24) is 19.9 Å². The number of amides is 2. The van der Waals surface area contributed by atoms with Crippen molar-refractivity contribution in [2.24, 2.45) is 0 Å². The molecule has 0 spiro atoms. The molecule has 0 aliphatic carbocycles. The number of aryl methyl sites for hydroxylation is 1. The topological polar surface area (TPSA) is 108 Å². The molecule has 1 fully saturated rings. The summed E-state index contributed by atoms with van der Waals surface area (Å²) in [6, 6.07) is 14.3. The molecule has 1 atom stereocenters. The summed E-state index contributed by atoms with van der Waals surface area (Å²) in [4.78, 5) is 28.7. The minimum atomic E-state index is -3.79. The zero-order valence-electron chi connectivity index (χ0n) is 21.6. The molecule has 0 bridgehead atoms. The molecule has 11 heteroatoms. The van der Waals surface area contributed by atoms with E-state index in [4.69, 9.17) is 0 Å². The summed E-state index contributed by atoms with van der Waals surface area (Å²) in [6.45, 7) is 2.19. The van der Waals surface area contributed by atoms with Crippen LogP contribution in [0.1, 0.15) is 36.0 Å². The summed E-state index contributed by atoms with van der Waals surface area (Å²) in [6.07, 6.45) is 5.01. The molecule has 0 radical (unpaired) electrons. The van der Waals surface area contributed by atoms with Crippen molar-refractivity contribution in [2.75, 3.05) is 13.1 Å². The van der Waals surface area contributed by atoms with Crippen LogP contribution in [0.4, 0.5) is 8.78 Å². The average Bonchev–Trinajstić information content (AvgIpc) is 2.94. The van der Waals surface area contributed by atoms with Gasteiger partial charge in [-0.3, -0.25) is 14.6 Å². The van der Waals surface area contributed by atoms with Crippen LogP contribution in [0.25, 0.3) is 0 Å². The van der Waals surface area contributed by atoms with E-state index in [1.165, 1.54) is 40.7 Å². The van der Waals surface area contributed by atoms with Gasteiger partial charge in [0, 0.05) is 25.5 Å². The Morgan fingerprint density at radius 1 is 0.949 bits per heavy atom. The Balaban J connectivity index is 0.000000449. The summed E-state index contributed by atoms with van der Waals surface area (Å²) >= 11 is 0. The van der Waals surface area contributed by atoms with Gasteiger partial charge in [-0.15, -0.1) is 0 Å². The highest BCUT2D eigenvalue weighted by Gasteiger charge is 2.36. The molecule has 1 saturated heterocycles. The van der Waals surface area contributed by atoms with Gasteiger partial charge in [0.15, 0.2) is 0 Å². The quantitative estimate of drug-likeness (QED) is 0.440. The van der Waals surface area contributed by atoms with Crippen molar-refractivity contribution in [1.29, 1.82) is 0 Å². The Hall–Kier alpha value is -3.70. The lowest BCUT2D eigenvalue weighted by atomic mass is 10.0. The molecular formula is C28H32F2N4O4S. The largest absolute Gasteiger partial charge is 0.350 e. The Morgan fingerprint density at radius 3 is 2.23 bits per heavy atom. The second-order valence-corrected chi connectivity index (χ2v) is 11.1. The van der Waals surface area contributed by atoms with Crippen LogP contribution in [-0.2, 0) is 31.9 Å². The zero-order chi connectivity index (χ0) is 28.3. The van der Waals surface area contributed by atoms with Crippen LogP contribution >= 0.6 is 0 Å². The fraction of sp³-hybridized carbons (Fsp3) is 0.321. The Labute approximate surface area is 227 Å². The second kappa shape index (κ2) is 14.5. The van der Waals surface area contributed by atoms with Gasteiger partial charge in [-0.2, -0.15) is 4.31 Å². The molecule has 0 saturated carbocycles. The van der Waals surface area contributed by atoms with E-state index < -0.39 is 27.8 Å². The number of sulfonamides is 1. The highest BCUT2D eigenvalue weighted by molar-refractivity contribution is 7.88. The van der Waals surface area contributed by atoms with E-state index in [1.54, 1.807) is 30.6 Å². The van der Waals surface area contributed by atoms with Crippen LogP contribution in [-0.4, -0.2) is 48.7 Å². The molecular weight excluding hydrogens is 526 g/mol. The normalized spacial score (nSPS) is 15.5. The van der Waals surface area contributed by atoms with E-state index in [0.717, 1.165) is 11.1 Å². The Kier molecular flexibility index (Phi) is 11.1. The summed E-state index contributed by atoms with van der Waals surface area (Å²) in [5.74, 6) is -1.82. The number of carbonyl (C=O) groups excluding carboxylic acids is 2. The van der Waals surface area contributed by atoms with E-state index in [9.17, 15) is 26.8 Å². The van der Waals surface area contributed by atoms with Gasteiger partial charge < -0.3 is 10.6 Å². The number of rotatable bonds is 8. The molecule has 39 heavy (non-hydrogen) atoms. The van der Waals surface area contributed by atoms with Crippen LogP contribution in [0.5, 0.6) is 0 Å². The molecule has 3 aromatic rings. The summed E-state index contributed by atoms with van der Waals surface area (Å²) in [5.41, 5.74) is 2.36. The van der Waals surface area contributed by atoms with E-state index in [0.29, 0.717) is 24.8 Å². The van der Waals surface area contributed by atoms with Gasteiger partial charge in [-0.1, -0.05) is 42.3 Å². The van der Waals surface area contributed by atoms with Crippen molar-refractivity contribution in [3.8, 4) is 0 Å². The summed E-state index contributed by atoms with van der Waals surface area (Å²) < 4.78 is 52.2. The number of piperidine rings is 1. The number of nitrogens with zero attached hydrogens (tertiary/aromatic N) is 2. The predicted octanol–water partition coefficient (Wildman–Crippen LogP) is 3.47. The van der Waals surface area contributed by atoms with Crippen LogP contribution in [0, 0.1) is 18.6 Å². The minimum absolute atomic E-state index is 0.171. The first kappa shape index (κ1) is 29.9. The summed E-state index contributed by atoms with van der Waals surface area (Å²) in [5, 5.41) is 5.22. The first-order valence-electron chi connectivity index (χ1n) is 12.5. The minimum Gasteiger partial charge on any atom is -0.350 e. The third-order valence-corrected chi connectivity index (χ3v) is 7.87. The SMILES string of the molecule is Cc1ccc(F)cc1.O=C(CNC(=O)C1CCCCN1S(=O)(=O)Cc1ccc(F)cc1)NCc1cccnc1. The molecule has 2 amide bonds. The first-order chi connectivity index (χ1) is 18.6. The second-order valence-electron chi connectivity index (χ2n) is 9.16. The monoisotopic (exact) mass is 558 g/mol. The van der Waals surface area contributed by atoms with Gasteiger partial charge in [0.1, 0.15) is 17.7 Å². The number of hydrogen-bond acceptors (Lipinski definition) is 5. The van der Waals surface area contributed by atoms with Crippen molar-refractivity contribution in [2.45, 2.75) is 44.5 Å². The van der Waals surface area contributed by atoms with Crippen molar-refractivity contribution in [3.05, 3.63) is 101 Å². The van der Waals surface area contributed by atoms with Crippen LogP contribution in [0.3, 0.4) is 0 Å². The van der Waals surface area contributed by atoms with E-state index in [1.807, 2.05) is 13.0 Å². The third-order valence-electron chi connectivity index (χ3n) is 6.02. The highest BCUT2D eigenvalue weighted by Crippen LogP contribution is 2.23. The molecule has 1 aliphatic rings. The van der Waals surface area contributed by atoms with E-state index in [2.05, 4.69) is 15.6 Å². The lowest BCUT2D eigenvalue weighted by Gasteiger charge is -2.33. The molecule has 4 rings (SSSR count). The molecule has 1 unspecified atom stereocenters. The third kappa shape index (κ3) is 9.84. The molecule has 2 N–H and O–H groups in total. The van der Waals surface area contributed by atoms with Gasteiger partial charge >= 0.3 is 0 Å². The lowest BCUT2D eigenvalue weighted by Crippen LogP contribution is -2.53. The number of halogens is 2. The number of nitrogens with one attached hydrogen (secondary N) is 2. The predicted molar refractivity (Wildman–Crippen MR) is 144 cm³/mol. The summed E-state index contributed by atoms with van der Waals surface area (Å²) in [7, 11) is -3.79. The average molecular weight is 559 g/mol. The molecule has 2 heterocycles. The van der Waals surface area contributed by atoms with Gasteiger partial charge in [-0.25, -0.2) is 17.2 Å². The van der Waals surface area contributed by atoms with Crippen molar-refractivity contribution >= 4 is 21.8 Å². The smallest absolute Gasteiger partial charge is 0.239 e. The van der Waals surface area contributed by atoms with Gasteiger partial charge in [0.2, 0.25) is 21.8 Å². The van der Waals surface area contributed by atoms with Crippen LogP contribution < -0.4 is 10.6 Å². The number of pyridine rings is 1. The number of hydrogen-bond donors (Lipinski definition) is 2. The number of aromatic nitrogens is 1. The van der Waals surface area contributed by atoms with Gasteiger partial charge in [-0.05, 0) is 61.2 Å². The zero-order valence-corrected chi connectivity index (χ0v) is 22.5. The fourth-order valence-electron chi connectivity index (χ4n) is 3.96.